The highest BCUT2D eigenvalue weighted by Crippen LogP contribution is 2.65. The predicted octanol–water partition coefficient (Wildman–Crippen LogP) is 8.55. The van der Waals surface area contributed by atoms with E-state index in [0.717, 1.165) is 62.7 Å². The van der Waals surface area contributed by atoms with Crippen LogP contribution in [0.2, 0.25) is 0 Å². The lowest BCUT2D eigenvalue weighted by molar-refractivity contribution is -0.133. The summed E-state index contributed by atoms with van der Waals surface area (Å²) in [4.78, 5) is 13.4. The summed E-state index contributed by atoms with van der Waals surface area (Å²) in [6.45, 7) is 9.19. The maximum Gasteiger partial charge on any atom is 0.150 e. The Kier molecular flexibility index (Phi) is 6.17. The molecule has 0 aromatic carbocycles. The molecule has 0 bridgehead atoms. The zero-order valence-corrected chi connectivity index (χ0v) is 25.9. The Morgan fingerprint density at radius 1 is 1.02 bits per heavy atom. The van der Waals surface area contributed by atoms with Crippen LogP contribution in [-0.2, 0) is 4.79 Å². The summed E-state index contributed by atoms with van der Waals surface area (Å²) in [5, 5.41) is 11.3. The van der Waals surface area contributed by atoms with Crippen molar-refractivity contribution in [3.8, 4) is 12.3 Å². The van der Waals surface area contributed by atoms with Crippen LogP contribution in [0.1, 0.15) is 97.3 Å². The molecule has 0 spiro atoms. The van der Waals surface area contributed by atoms with Gasteiger partial charge in [0.25, 0.3) is 0 Å². The smallest absolute Gasteiger partial charge is 0.150 e. The third-order valence-corrected chi connectivity index (χ3v) is 14.7. The minimum Gasteiger partial charge on any atom is -0.373 e. The average molecular weight is 563 g/mol. The van der Waals surface area contributed by atoms with Gasteiger partial charge in [0.05, 0.1) is 0 Å². The van der Waals surface area contributed by atoms with E-state index in [4.69, 9.17) is 6.42 Å². The van der Waals surface area contributed by atoms with E-state index in [1.165, 1.54) is 44.1 Å². The third kappa shape index (κ3) is 3.65. The van der Waals surface area contributed by atoms with Crippen LogP contribution in [0.25, 0.3) is 0 Å². The van der Waals surface area contributed by atoms with E-state index < -0.39 is 5.60 Å². The summed E-state index contributed by atoms with van der Waals surface area (Å²) in [7, 11) is 0. The van der Waals surface area contributed by atoms with E-state index in [-0.39, 0.29) is 10.8 Å². The topological polar surface area (TPSA) is 37.3 Å². The molecule has 0 saturated heterocycles. The molecule has 0 aliphatic heterocycles. The molecule has 8 rings (SSSR count). The van der Waals surface area contributed by atoms with E-state index in [0.29, 0.717) is 41.3 Å². The minimum absolute atomic E-state index is 0.108. The molecule has 5 unspecified atom stereocenters. The van der Waals surface area contributed by atoms with Gasteiger partial charge in [-0.2, -0.15) is 0 Å². The first-order valence-corrected chi connectivity index (χ1v) is 17.4. The zero-order valence-electron chi connectivity index (χ0n) is 25.9. The highest BCUT2D eigenvalue weighted by molar-refractivity contribution is 5.87. The Morgan fingerprint density at radius 3 is 2.67 bits per heavy atom. The summed E-state index contributed by atoms with van der Waals surface area (Å²) >= 11 is 0. The molecule has 0 amide bonds. The Morgan fingerprint density at radius 2 is 1.83 bits per heavy atom. The van der Waals surface area contributed by atoms with Gasteiger partial charge in [0, 0.05) is 17.3 Å². The van der Waals surface area contributed by atoms with Gasteiger partial charge in [-0.3, -0.25) is 4.79 Å². The molecule has 5 saturated carbocycles. The van der Waals surface area contributed by atoms with Crippen molar-refractivity contribution in [1.82, 2.24) is 0 Å². The molecule has 8 aliphatic rings. The second kappa shape index (κ2) is 9.44. The maximum atomic E-state index is 13.4. The van der Waals surface area contributed by atoms with E-state index in [9.17, 15) is 9.90 Å². The van der Waals surface area contributed by atoms with Crippen LogP contribution < -0.4 is 0 Å². The molecule has 5 fully saturated rings. The molecule has 0 radical (unpaired) electrons. The lowest BCUT2D eigenvalue weighted by atomic mass is 9.48. The van der Waals surface area contributed by atoms with Gasteiger partial charge in [0.1, 0.15) is 11.4 Å². The number of carbonyl (C=O) groups is 1. The van der Waals surface area contributed by atoms with Crippen molar-refractivity contribution >= 4 is 5.78 Å². The van der Waals surface area contributed by atoms with Crippen molar-refractivity contribution in [3.63, 3.8) is 0 Å². The fourth-order valence-corrected chi connectivity index (χ4v) is 12.8. The second-order valence-electron chi connectivity index (χ2n) is 16.3. The van der Waals surface area contributed by atoms with Gasteiger partial charge in [-0.05, 0) is 136 Å². The Balaban J connectivity index is 1.10. The molecule has 12 atom stereocenters. The first-order valence-electron chi connectivity index (χ1n) is 17.4. The monoisotopic (exact) mass is 562 g/mol. The number of carbonyl (C=O) groups excluding carboxylic acids is 1. The van der Waals surface area contributed by atoms with E-state index in [2.05, 4.69) is 50.7 Å². The van der Waals surface area contributed by atoms with Crippen LogP contribution in [-0.4, -0.2) is 16.5 Å². The average Bonchev–Trinajstić information content (AvgIpc) is 3.43. The number of allylic oxidation sites excluding steroid dienone is 8. The zero-order chi connectivity index (χ0) is 29.0. The Labute approximate surface area is 253 Å². The number of hydrogen-bond donors (Lipinski definition) is 1. The standard InChI is InChI=1S/C40H50O2/c1-5-40(42)19-18-34-32-15-12-27-20-25(10-13-30(27)36(32)24(2)22-39(34,40)4)21-28-23-38(3)33(16-17-35(38)41)31-14-11-26-8-6-7-9-29(26)37(28)31/h1,8,18-21,28-34,36-37,42H,2,6-7,9-17,22-23H2,3-4H3/t28?,29?,30-,31?,32-,33?,34-,36+,37?,38-,39-,40-/m0/s1. The summed E-state index contributed by atoms with van der Waals surface area (Å²) in [5.41, 5.74) is 4.66. The maximum absolute atomic E-state index is 13.4. The fourth-order valence-electron chi connectivity index (χ4n) is 12.8. The van der Waals surface area contributed by atoms with Crippen LogP contribution in [0.15, 0.2) is 59.3 Å². The van der Waals surface area contributed by atoms with Crippen molar-refractivity contribution < 1.29 is 9.90 Å². The van der Waals surface area contributed by atoms with Gasteiger partial charge in [-0.1, -0.05) is 72.9 Å². The van der Waals surface area contributed by atoms with E-state index in [1.807, 2.05) is 6.08 Å². The highest BCUT2D eigenvalue weighted by Gasteiger charge is 2.61. The fraction of sp³-hybridized carbons (Fsp3) is 0.675. The normalized spacial score (nSPS) is 51.8. The molecule has 2 nitrogen and oxygen atoms in total. The number of aliphatic hydroxyl groups is 1. The molecule has 42 heavy (non-hydrogen) atoms. The summed E-state index contributed by atoms with van der Waals surface area (Å²) < 4.78 is 0. The van der Waals surface area contributed by atoms with Crippen LogP contribution in [0.4, 0.5) is 0 Å². The lowest BCUT2D eigenvalue weighted by Crippen LogP contribution is -2.53. The van der Waals surface area contributed by atoms with Crippen LogP contribution in [0.5, 0.6) is 0 Å². The Bertz CT molecular complexity index is 1380. The van der Waals surface area contributed by atoms with E-state index >= 15 is 0 Å². The number of Topliss-reactive ketones (excluding diaryl/α,β-unsaturated/α-hetero) is 1. The number of rotatable bonds is 1. The molecule has 8 aliphatic carbocycles. The first kappa shape index (κ1) is 27.4. The van der Waals surface area contributed by atoms with Crippen molar-refractivity contribution in [2.75, 3.05) is 0 Å². The van der Waals surface area contributed by atoms with E-state index in [1.54, 1.807) is 16.7 Å². The van der Waals surface area contributed by atoms with Gasteiger partial charge in [-0.15, -0.1) is 6.42 Å². The Hall–Kier alpha value is -2.11. The largest absolute Gasteiger partial charge is 0.373 e. The molecular weight excluding hydrogens is 512 g/mol. The third-order valence-electron chi connectivity index (χ3n) is 14.7. The first-order chi connectivity index (χ1) is 20.2. The van der Waals surface area contributed by atoms with Crippen LogP contribution in [0.3, 0.4) is 0 Å². The number of terminal acetylenes is 1. The molecule has 0 aromatic heterocycles. The van der Waals surface area contributed by atoms with Gasteiger partial charge < -0.3 is 5.11 Å². The molecule has 0 heterocycles. The number of fused-ring (bicyclic) bond motifs is 10. The molecule has 1 N–H and O–H groups in total. The summed E-state index contributed by atoms with van der Waals surface area (Å²) in [6, 6.07) is 0. The van der Waals surface area contributed by atoms with Crippen molar-refractivity contribution in [2.24, 2.45) is 64.1 Å². The quantitative estimate of drug-likeness (QED) is 0.257. The minimum atomic E-state index is -1.16. The van der Waals surface area contributed by atoms with Crippen LogP contribution in [0, 0.1) is 76.4 Å². The van der Waals surface area contributed by atoms with Gasteiger partial charge >= 0.3 is 0 Å². The number of hydrogen-bond acceptors (Lipinski definition) is 2. The summed E-state index contributed by atoms with van der Waals surface area (Å²) in [5.74, 6) is 8.55. The number of ketones is 1. The van der Waals surface area contributed by atoms with Crippen LogP contribution >= 0.6 is 0 Å². The highest BCUT2D eigenvalue weighted by atomic mass is 16.3. The van der Waals surface area contributed by atoms with Gasteiger partial charge in [-0.25, -0.2) is 0 Å². The predicted molar refractivity (Wildman–Crippen MR) is 169 cm³/mol. The van der Waals surface area contributed by atoms with Gasteiger partial charge in [0.2, 0.25) is 0 Å². The molecule has 2 heteroatoms. The molecule has 222 valence electrons. The van der Waals surface area contributed by atoms with Crippen molar-refractivity contribution in [1.29, 1.82) is 0 Å². The molecular formula is C40H50O2. The second-order valence-corrected chi connectivity index (χ2v) is 16.3. The van der Waals surface area contributed by atoms with Gasteiger partial charge in [0.15, 0.2) is 0 Å². The lowest BCUT2D eigenvalue weighted by Gasteiger charge is -2.56. The van der Waals surface area contributed by atoms with Crippen molar-refractivity contribution in [2.45, 2.75) is 103 Å². The summed E-state index contributed by atoms with van der Waals surface area (Å²) in [6.07, 6.45) is 33.0. The van der Waals surface area contributed by atoms with Crippen molar-refractivity contribution in [3.05, 3.63) is 59.3 Å². The SMILES string of the molecule is C#C[C@]1(O)C=C[C@H]2[C@@H]3CCC4=CC(=CC5C[C@]6(C)C(=O)CCC6C6CCC7=CCCCC7C56)CC[C@@H]4[C@H]3C(=C)C[C@@]21C. The molecule has 0 aromatic rings.